The Bertz CT molecular complexity index is 1400. The van der Waals surface area contributed by atoms with Gasteiger partial charge in [0.25, 0.3) is 0 Å². The number of amides is 1. The molecule has 2 heterocycles. The van der Waals surface area contributed by atoms with E-state index in [2.05, 4.69) is 46.4 Å². The van der Waals surface area contributed by atoms with Crippen molar-refractivity contribution in [2.45, 2.75) is 19.3 Å². The van der Waals surface area contributed by atoms with Gasteiger partial charge in [0, 0.05) is 22.9 Å². The first-order valence-electron chi connectivity index (χ1n) is 11.2. The molecule has 0 unspecified atom stereocenters. The molecule has 0 saturated carbocycles. The summed E-state index contributed by atoms with van der Waals surface area (Å²) in [5, 5.41) is 19.6. The van der Waals surface area contributed by atoms with Gasteiger partial charge in [-0.1, -0.05) is 32.0 Å². The Morgan fingerprint density at radius 3 is 2.44 bits per heavy atom. The van der Waals surface area contributed by atoms with Crippen LogP contribution in [0, 0.1) is 5.82 Å². The molecule has 0 aliphatic rings. The summed E-state index contributed by atoms with van der Waals surface area (Å²) >= 11 is 0. The molecule has 0 saturated heterocycles. The third-order valence-electron chi connectivity index (χ3n) is 5.86. The zero-order chi connectivity index (χ0) is 25.9. The Morgan fingerprint density at radius 1 is 1.06 bits per heavy atom. The number of hydrogen-bond donors (Lipinski definition) is 2. The quantitative estimate of drug-likeness (QED) is 0.324. The Labute approximate surface area is 207 Å². The van der Waals surface area contributed by atoms with E-state index in [9.17, 15) is 9.18 Å². The van der Waals surface area contributed by atoms with Crippen molar-refractivity contribution in [3.8, 4) is 11.3 Å². The van der Waals surface area contributed by atoms with Gasteiger partial charge in [-0.05, 0) is 48.5 Å². The smallest absolute Gasteiger partial charge is 0.412 e. The first-order valence-corrected chi connectivity index (χ1v) is 11.2. The molecule has 36 heavy (non-hydrogen) atoms. The highest BCUT2D eigenvalue weighted by Crippen LogP contribution is 2.30. The maximum Gasteiger partial charge on any atom is 0.412 e. The largest absolute Gasteiger partial charge is 0.481 e. The van der Waals surface area contributed by atoms with Crippen LogP contribution < -0.4 is 10.6 Å². The normalized spacial score (nSPS) is 11.2. The van der Waals surface area contributed by atoms with E-state index in [-0.39, 0.29) is 11.2 Å². The molecule has 0 fully saturated rings. The minimum absolute atomic E-state index is 0.242. The number of hydrogen-bond acceptors (Lipinski definition) is 7. The average molecular weight is 491 g/mol. The monoisotopic (exact) mass is 490 g/mol. The number of fused-ring (bicyclic) bond motifs is 1. The molecule has 4 rings (SSSR count). The van der Waals surface area contributed by atoms with E-state index in [1.54, 1.807) is 12.1 Å². The fraction of sp³-hybridized carbons (Fsp3) is 0.231. The number of aromatic nitrogens is 4. The van der Waals surface area contributed by atoms with Crippen LogP contribution in [0.2, 0.25) is 0 Å². The lowest BCUT2D eigenvalue weighted by molar-refractivity contribution is 0.187. The van der Waals surface area contributed by atoms with Gasteiger partial charge in [0.2, 0.25) is 5.88 Å². The second-order valence-electron chi connectivity index (χ2n) is 8.75. The van der Waals surface area contributed by atoms with Gasteiger partial charge in [0.15, 0.2) is 5.82 Å². The molecule has 0 aliphatic heterocycles. The molecular formula is C26H27FN6O3. The summed E-state index contributed by atoms with van der Waals surface area (Å²) in [5.41, 5.74) is 2.88. The molecular weight excluding hydrogens is 463 g/mol. The SMILES string of the molecule is C=C(OC)n1nc(NC(=O)OC)c2cc(-c3ccc(NCC(C)(C)c4ccc(F)cc4)nn3)ccc21. The molecule has 0 radical (unpaired) electrons. The predicted octanol–water partition coefficient (Wildman–Crippen LogP) is 5.28. The number of nitrogens with one attached hydrogen (secondary N) is 2. The highest BCUT2D eigenvalue weighted by Gasteiger charge is 2.21. The van der Waals surface area contributed by atoms with Gasteiger partial charge >= 0.3 is 6.09 Å². The van der Waals surface area contributed by atoms with E-state index < -0.39 is 6.09 Å². The molecule has 0 bridgehead atoms. The number of carbonyl (C=O) groups excluding carboxylic acids is 1. The summed E-state index contributed by atoms with van der Waals surface area (Å²) in [4.78, 5) is 11.8. The van der Waals surface area contributed by atoms with Crippen molar-refractivity contribution < 1.29 is 18.7 Å². The lowest BCUT2D eigenvalue weighted by Crippen LogP contribution is -2.28. The van der Waals surface area contributed by atoms with Crippen LogP contribution in [0.5, 0.6) is 0 Å². The van der Waals surface area contributed by atoms with Crippen molar-refractivity contribution in [1.82, 2.24) is 20.0 Å². The van der Waals surface area contributed by atoms with Crippen LogP contribution in [-0.4, -0.2) is 46.8 Å². The summed E-state index contributed by atoms with van der Waals surface area (Å²) in [7, 11) is 2.77. The molecule has 9 nitrogen and oxygen atoms in total. The summed E-state index contributed by atoms with van der Waals surface area (Å²) in [5.74, 6) is 0.953. The number of nitrogens with zero attached hydrogens (tertiary/aromatic N) is 4. The highest BCUT2D eigenvalue weighted by atomic mass is 19.1. The molecule has 0 aliphatic carbocycles. The minimum atomic E-state index is -0.645. The van der Waals surface area contributed by atoms with Crippen molar-refractivity contribution in [3.05, 3.63) is 72.6 Å². The number of methoxy groups -OCH3 is 2. The van der Waals surface area contributed by atoms with E-state index in [0.717, 1.165) is 11.1 Å². The van der Waals surface area contributed by atoms with Gasteiger partial charge in [-0.2, -0.15) is 4.68 Å². The fourth-order valence-corrected chi connectivity index (χ4v) is 3.69. The Morgan fingerprint density at radius 2 is 1.81 bits per heavy atom. The lowest BCUT2D eigenvalue weighted by atomic mass is 9.84. The number of ether oxygens (including phenoxy) is 2. The van der Waals surface area contributed by atoms with Crippen LogP contribution in [0.15, 0.2) is 61.2 Å². The van der Waals surface area contributed by atoms with E-state index in [4.69, 9.17) is 9.47 Å². The zero-order valence-electron chi connectivity index (χ0n) is 20.5. The molecule has 2 aromatic carbocycles. The Hall–Kier alpha value is -4.47. The second-order valence-corrected chi connectivity index (χ2v) is 8.75. The summed E-state index contributed by atoms with van der Waals surface area (Å²) in [6, 6.07) is 15.8. The van der Waals surface area contributed by atoms with E-state index in [0.29, 0.717) is 40.7 Å². The number of rotatable bonds is 8. The summed E-state index contributed by atoms with van der Waals surface area (Å²) < 4.78 is 24.7. The molecule has 0 spiro atoms. The summed E-state index contributed by atoms with van der Waals surface area (Å²) in [6.45, 7) is 8.57. The lowest BCUT2D eigenvalue weighted by Gasteiger charge is -2.25. The van der Waals surface area contributed by atoms with Gasteiger partial charge < -0.3 is 14.8 Å². The summed E-state index contributed by atoms with van der Waals surface area (Å²) in [6.07, 6.45) is -0.645. The van der Waals surface area contributed by atoms with Crippen molar-refractivity contribution >= 4 is 34.5 Å². The zero-order valence-corrected chi connectivity index (χ0v) is 20.5. The highest BCUT2D eigenvalue weighted by molar-refractivity contribution is 6.00. The van der Waals surface area contributed by atoms with Gasteiger partial charge in [-0.15, -0.1) is 15.3 Å². The topological polar surface area (TPSA) is 103 Å². The number of halogens is 1. The maximum atomic E-state index is 13.3. The molecule has 2 N–H and O–H groups in total. The van der Waals surface area contributed by atoms with Crippen molar-refractivity contribution in [2.24, 2.45) is 0 Å². The third-order valence-corrected chi connectivity index (χ3v) is 5.86. The molecule has 186 valence electrons. The van der Waals surface area contributed by atoms with E-state index >= 15 is 0 Å². The molecule has 4 aromatic rings. The molecule has 10 heteroatoms. The van der Waals surface area contributed by atoms with Gasteiger partial charge in [0.05, 0.1) is 25.4 Å². The first-order chi connectivity index (χ1) is 17.2. The molecule has 1 amide bonds. The van der Waals surface area contributed by atoms with Crippen molar-refractivity contribution in [2.75, 3.05) is 31.4 Å². The predicted molar refractivity (Wildman–Crippen MR) is 137 cm³/mol. The van der Waals surface area contributed by atoms with Crippen LogP contribution >= 0.6 is 0 Å². The van der Waals surface area contributed by atoms with E-state index in [1.807, 2.05) is 30.3 Å². The van der Waals surface area contributed by atoms with Crippen LogP contribution in [0.25, 0.3) is 28.0 Å². The first kappa shape index (κ1) is 24.6. The van der Waals surface area contributed by atoms with Crippen LogP contribution in [-0.2, 0) is 14.9 Å². The van der Waals surface area contributed by atoms with Gasteiger partial charge in [-0.25, -0.2) is 9.18 Å². The van der Waals surface area contributed by atoms with Gasteiger partial charge in [-0.3, -0.25) is 5.32 Å². The molecule has 2 aromatic heterocycles. The number of carbonyl (C=O) groups is 1. The minimum Gasteiger partial charge on any atom is -0.481 e. The van der Waals surface area contributed by atoms with Crippen LogP contribution in [0.4, 0.5) is 20.8 Å². The van der Waals surface area contributed by atoms with Crippen LogP contribution in [0.1, 0.15) is 19.4 Å². The van der Waals surface area contributed by atoms with Crippen molar-refractivity contribution in [3.63, 3.8) is 0 Å². The Balaban J connectivity index is 1.56. The maximum absolute atomic E-state index is 13.3. The Kier molecular flexibility index (Phi) is 6.86. The third kappa shape index (κ3) is 5.12. The number of benzene rings is 2. The van der Waals surface area contributed by atoms with Gasteiger partial charge in [0.1, 0.15) is 11.6 Å². The fourth-order valence-electron chi connectivity index (χ4n) is 3.69. The van der Waals surface area contributed by atoms with Crippen molar-refractivity contribution in [1.29, 1.82) is 0 Å². The molecule has 0 atom stereocenters. The second kappa shape index (κ2) is 10.0. The standard InChI is InChI=1S/C26H27FN6O3/c1-16(35-4)33-22-12-6-17(14-20(22)24(32-33)29-25(34)36-5)21-11-13-23(31-30-21)28-15-26(2,3)18-7-9-19(27)10-8-18/h6-14H,1,15H2,2-5H3,(H,28,31)(H,29,32,34). The van der Waals surface area contributed by atoms with Crippen LogP contribution in [0.3, 0.4) is 0 Å². The van der Waals surface area contributed by atoms with E-state index in [1.165, 1.54) is 31.0 Å². The number of anilines is 2. The average Bonchev–Trinajstić information content (AvgIpc) is 3.25.